The maximum Gasteiger partial charge on any atom is 0.240 e. The van der Waals surface area contributed by atoms with Crippen LogP contribution in [0.5, 0.6) is 0 Å². The van der Waals surface area contributed by atoms with Crippen molar-refractivity contribution in [2.45, 2.75) is 57.7 Å². The van der Waals surface area contributed by atoms with Crippen LogP contribution in [0.2, 0.25) is 0 Å². The van der Waals surface area contributed by atoms with Crippen molar-refractivity contribution in [3.05, 3.63) is 35.1 Å². The predicted molar refractivity (Wildman–Crippen MR) is 80.4 cm³/mol. The fraction of sp³-hybridized carbons (Fsp3) is 0.588. The molecule has 114 valence electrons. The molecule has 1 heterocycles. The molecule has 2 aliphatic rings. The molecule has 2 atom stereocenters. The first kappa shape index (κ1) is 14.5. The minimum absolute atomic E-state index is 0.0519. The number of carbonyl (C=O) groups excluding carboxylic acids is 1. The zero-order valence-electron chi connectivity index (χ0n) is 12.7. The maximum absolute atomic E-state index is 13.7. The van der Waals surface area contributed by atoms with Crippen molar-refractivity contribution in [2.24, 2.45) is 0 Å². The van der Waals surface area contributed by atoms with Gasteiger partial charge in [-0.15, -0.1) is 0 Å². The number of hydrogen-bond acceptors (Lipinski definition) is 2. The monoisotopic (exact) mass is 290 g/mol. The lowest BCUT2D eigenvalue weighted by molar-refractivity contribution is -0.138. The minimum Gasteiger partial charge on any atom is -0.335 e. The van der Waals surface area contributed by atoms with Crippen molar-refractivity contribution in [2.75, 3.05) is 6.54 Å². The Morgan fingerprint density at radius 2 is 2.10 bits per heavy atom. The van der Waals surface area contributed by atoms with Gasteiger partial charge in [0.2, 0.25) is 5.91 Å². The molecule has 1 saturated heterocycles. The van der Waals surface area contributed by atoms with Crippen LogP contribution in [0.15, 0.2) is 18.2 Å². The smallest absolute Gasteiger partial charge is 0.240 e. The minimum atomic E-state index is -0.198. The molecule has 0 radical (unpaired) electrons. The van der Waals surface area contributed by atoms with Gasteiger partial charge in [-0.3, -0.25) is 4.79 Å². The van der Waals surface area contributed by atoms with Crippen LogP contribution in [-0.4, -0.2) is 29.4 Å². The summed E-state index contributed by atoms with van der Waals surface area (Å²) < 4.78 is 13.7. The summed E-state index contributed by atoms with van der Waals surface area (Å²) in [4.78, 5) is 14.5. The van der Waals surface area contributed by atoms with Crippen molar-refractivity contribution in [3.8, 4) is 0 Å². The number of nitrogens with one attached hydrogen (secondary N) is 1. The highest BCUT2D eigenvalue weighted by Gasteiger charge is 2.35. The van der Waals surface area contributed by atoms with Gasteiger partial charge < -0.3 is 10.2 Å². The van der Waals surface area contributed by atoms with E-state index in [1.807, 2.05) is 17.9 Å². The highest BCUT2D eigenvalue weighted by Crippen LogP contribution is 2.28. The number of hydrogen-bond donors (Lipinski definition) is 1. The topological polar surface area (TPSA) is 32.3 Å². The van der Waals surface area contributed by atoms with Gasteiger partial charge >= 0.3 is 0 Å². The molecular formula is C17H23FN2O. The second-order valence-corrected chi connectivity index (χ2v) is 6.35. The average Bonchev–Trinajstić information content (AvgIpc) is 3.27. The third-order valence-corrected chi connectivity index (χ3v) is 4.63. The van der Waals surface area contributed by atoms with Crippen LogP contribution in [0.4, 0.5) is 4.39 Å². The molecule has 1 aromatic rings. The number of amides is 1. The van der Waals surface area contributed by atoms with Crippen molar-refractivity contribution in [3.63, 3.8) is 0 Å². The van der Waals surface area contributed by atoms with Crippen molar-refractivity contribution in [1.82, 2.24) is 10.2 Å². The van der Waals surface area contributed by atoms with Crippen molar-refractivity contribution >= 4 is 5.91 Å². The standard InChI is InChI=1S/C17H23FN2O/c1-11-5-6-13(10-15(11)18)12(2)20-9-3-4-16(17(20)21)19-14-7-8-14/h5-6,10,12,14,16,19H,3-4,7-9H2,1-2H3. The fourth-order valence-electron chi connectivity index (χ4n) is 3.02. The quantitative estimate of drug-likeness (QED) is 0.924. The number of carbonyl (C=O) groups is 1. The van der Waals surface area contributed by atoms with Crippen LogP contribution in [0.25, 0.3) is 0 Å². The Hall–Kier alpha value is -1.42. The second kappa shape index (κ2) is 5.76. The number of benzene rings is 1. The number of piperidine rings is 1. The van der Waals surface area contributed by atoms with Gasteiger partial charge in [0, 0.05) is 12.6 Å². The Bertz CT molecular complexity index is 542. The maximum atomic E-state index is 13.7. The number of halogens is 1. The molecule has 3 nitrogen and oxygen atoms in total. The molecule has 2 fully saturated rings. The van der Waals surface area contributed by atoms with E-state index in [0.717, 1.165) is 24.9 Å². The van der Waals surface area contributed by atoms with Gasteiger partial charge in [0.05, 0.1) is 12.1 Å². The third-order valence-electron chi connectivity index (χ3n) is 4.63. The Morgan fingerprint density at radius 1 is 1.33 bits per heavy atom. The van der Waals surface area contributed by atoms with Crippen LogP contribution in [0.3, 0.4) is 0 Å². The number of rotatable bonds is 4. The predicted octanol–water partition coefficient (Wildman–Crippen LogP) is 2.94. The Kier molecular flexibility index (Phi) is 3.98. The summed E-state index contributed by atoms with van der Waals surface area (Å²) in [7, 11) is 0. The molecule has 0 bridgehead atoms. The van der Waals surface area contributed by atoms with E-state index in [1.165, 1.54) is 12.8 Å². The lowest BCUT2D eigenvalue weighted by Gasteiger charge is -2.37. The molecule has 1 saturated carbocycles. The van der Waals surface area contributed by atoms with E-state index in [9.17, 15) is 9.18 Å². The van der Waals surface area contributed by atoms with E-state index in [0.29, 0.717) is 11.6 Å². The van der Waals surface area contributed by atoms with Gasteiger partial charge in [0.25, 0.3) is 0 Å². The van der Waals surface area contributed by atoms with E-state index in [2.05, 4.69) is 5.32 Å². The molecule has 21 heavy (non-hydrogen) atoms. The summed E-state index contributed by atoms with van der Waals surface area (Å²) in [6.07, 6.45) is 4.29. The van der Waals surface area contributed by atoms with Gasteiger partial charge in [-0.25, -0.2) is 4.39 Å². The highest BCUT2D eigenvalue weighted by atomic mass is 19.1. The lowest BCUT2D eigenvalue weighted by atomic mass is 9.98. The molecular weight excluding hydrogens is 267 g/mol. The largest absolute Gasteiger partial charge is 0.335 e. The van der Waals surface area contributed by atoms with Gasteiger partial charge in [-0.2, -0.15) is 0 Å². The highest BCUT2D eigenvalue weighted by molar-refractivity contribution is 5.83. The molecule has 2 unspecified atom stereocenters. The molecule has 0 spiro atoms. The van der Waals surface area contributed by atoms with Crippen LogP contribution in [0.1, 0.15) is 49.8 Å². The lowest BCUT2D eigenvalue weighted by Crippen LogP contribution is -2.51. The summed E-state index contributed by atoms with van der Waals surface area (Å²) >= 11 is 0. The molecule has 4 heteroatoms. The van der Waals surface area contributed by atoms with Gasteiger partial charge in [-0.05, 0) is 56.7 Å². The van der Waals surface area contributed by atoms with Gasteiger partial charge in [-0.1, -0.05) is 12.1 Å². The zero-order valence-corrected chi connectivity index (χ0v) is 12.7. The summed E-state index contributed by atoms with van der Waals surface area (Å²) in [5.74, 6) is -0.0295. The van der Waals surface area contributed by atoms with Gasteiger partial charge in [0.1, 0.15) is 5.82 Å². The molecule has 1 aromatic carbocycles. The van der Waals surface area contributed by atoms with Crippen LogP contribution >= 0.6 is 0 Å². The van der Waals surface area contributed by atoms with Crippen LogP contribution in [-0.2, 0) is 4.79 Å². The first-order valence-corrected chi connectivity index (χ1v) is 7.89. The third kappa shape index (κ3) is 3.10. The van der Waals surface area contributed by atoms with Crippen LogP contribution in [0, 0.1) is 12.7 Å². The number of likely N-dealkylation sites (tertiary alicyclic amines) is 1. The average molecular weight is 290 g/mol. The molecule has 0 aromatic heterocycles. The van der Waals surface area contributed by atoms with E-state index in [-0.39, 0.29) is 23.8 Å². The van der Waals surface area contributed by atoms with E-state index in [1.54, 1.807) is 19.1 Å². The number of nitrogens with zero attached hydrogens (tertiary/aromatic N) is 1. The summed E-state index contributed by atoms with van der Waals surface area (Å²) in [6, 6.07) is 5.68. The molecule has 1 N–H and O–H groups in total. The van der Waals surface area contributed by atoms with Crippen molar-refractivity contribution < 1.29 is 9.18 Å². The Balaban J connectivity index is 1.74. The first-order valence-electron chi connectivity index (χ1n) is 7.89. The number of aryl methyl sites for hydroxylation is 1. The fourth-order valence-corrected chi connectivity index (χ4v) is 3.02. The van der Waals surface area contributed by atoms with Gasteiger partial charge in [0.15, 0.2) is 0 Å². The molecule has 3 rings (SSSR count). The van der Waals surface area contributed by atoms with E-state index >= 15 is 0 Å². The summed E-state index contributed by atoms with van der Waals surface area (Å²) in [5, 5.41) is 3.43. The first-order chi connectivity index (χ1) is 10.1. The zero-order chi connectivity index (χ0) is 15.0. The SMILES string of the molecule is Cc1ccc(C(C)N2CCCC(NC3CC3)C2=O)cc1F. The van der Waals surface area contributed by atoms with E-state index in [4.69, 9.17) is 0 Å². The molecule has 1 aliphatic heterocycles. The normalized spacial score (nSPS) is 24.2. The Labute approximate surface area is 125 Å². The molecule has 1 amide bonds. The Morgan fingerprint density at radius 3 is 2.76 bits per heavy atom. The van der Waals surface area contributed by atoms with Crippen LogP contribution < -0.4 is 5.32 Å². The summed E-state index contributed by atoms with van der Waals surface area (Å²) in [5.41, 5.74) is 1.52. The second-order valence-electron chi connectivity index (χ2n) is 6.35. The molecule has 1 aliphatic carbocycles. The van der Waals surface area contributed by atoms with Crippen molar-refractivity contribution in [1.29, 1.82) is 0 Å². The van der Waals surface area contributed by atoms with E-state index < -0.39 is 0 Å². The summed E-state index contributed by atoms with van der Waals surface area (Å²) in [6.45, 7) is 4.51.